The zero-order valence-corrected chi connectivity index (χ0v) is 8.65. The van der Waals surface area contributed by atoms with Crippen LogP contribution in [0.4, 0.5) is 0 Å². The van der Waals surface area contributed by atoms with Gasteiger partial charge in [-0.25, -0.2) is 0 Å². The van der Waals surface area contributed by atoms with Gasteiger partial charge in [0.25, 0.3) is 0 Å². The van der Waals surface area contributed by atoms with Crippen molar-refractivity contribution < 1.29 is 14.9 Å². The fourth-order valence-corrected chi connectivity index (χ4v) is 2.08. The molecule has 15 heavy (non-hydrogen) atoms. The Morgan fingerprint density at radius 1 is 1.40 bits per heavy atom. The summed E-state index contributed by atoms with van der Waals surface area (Å²) in [6.07, 6.45) is 9.99. The molecule has 0 radical (unpaired) electrons. The van der Waals surface area contributed by atoms with Crippen molar-refractivity contribution in [1.29, 1.82) is 0 Å². The van der Waals surface area contributed by atoms with Crippen LogP contribution in [0.2, 0.25) is 0 Å². The summed E-state index contributed by atoms with van der Waals surface area (Å²) < 4.78 is 4.99. The van der Waals surface area contributed by atoms with Crippen LogP contribution in [0.5, 0.6) is 0 Å². The molecule has 0 aromatic heterocycles. The minimum atomic E-state index is -0.133. The molecule has 82 valence electrons. The minimum Gasteiger partial charge on any atom is -0.504 e. The van der Waals surface area contributed by atoms with Crippen LogP contribution in [0.15, 0.2) is 35.5 Å². The summed E-state index contributed by atoms with van der Waals surface area (Å²) in [7, 11) is 0. The van der Waals surface area contributed by atoms with E-state index in [0.29, 0.717) is 11.7 Å². The Balaban J connectivity index is 2.14. The van der Waals surface area contributed by atoms with E-state index in [9.17, 15) is 5.11 Å². The topological polar surface area (TPSA) is 49.7 Å². The molecule has 0 unspecified atom stereocenters. The van der Waals surface area contributed by atoms with E-state index in [1.165, 1.54) is 31.9 Å². The Bertz CT molecular complexity index is 320. The van der Waals surface area contributed by atoms with Crippen LogP contribution in [-0.2, 0) is 4.74 Å². The molecule has 0 saturated heterocycles. The van der Waals surface area contributed by atoms with Crippen LogP contribution in [0, 0.1) is 5.92 Å². The van der Waals surface area contributed by atoms with E-state index >= 15 is 0 Å². The third kappa shape index (κ3) is 2.42. The fraction of sp³-hybridized carbons (Fsp3) is 0.500. The van der Waals surface area contributed by atoms with Gasteiger partial charge in [0, 0.05) is 5.57 Å². The Kier molecular flexibility index (Phi) is 3.11. The maximum Gasteiger partial charge on any atom is 0.157 e. The monoisotopic (exact) mass is 208 g/mol. The van der Waals surface area contributed by atoms with E-state index in [0.717, 1.165) is 5.57 Å². The van der Waals surface area contributed by atoms with Crippen molar-refractivity contribution in [3.05, 3.63) is 35.5 Å². The van der Waals surface area contributed by atoms with E-state index in [4.69, 9.17) is 9.84 Å². The molecule has 0 bridgehead atoms. The molecule has 3 nitrogen and oxygen atoms in total. The van der Waals surface area contributed by atoms with Crippen LogP contribution < -0.4 is 0 Å². The largest absolute Gasteiger partial charge is 0.504 e. The highest BCUT2D eigenvalue weighted by atomic mass is 16.5. The van der Waals surface area contributed by atoms with Gasteiger partial charge >= 0.3 is 0 Å². The lowest BCUT2D eigenvalue weighted by molar-refractivity contribution is 0.220. The molecular weight excluding hydrogens is 192 g/mol. The maximum absolute atomic E-state index is 9.58. The SMILES string of the molecule is OCC1=C/C(=C/C2CCCC2)C(O)=CO1. The summed E-state index contributed by atoms with van der Waals surface area (Å²) in [6, 6.07) is 0. The van der Waals surface area contributed by atoms with Crippen LogP contribution in [-0.4, -0.2) is 16.8 Å². The molecule has 1 aliphatic carbocycles. The molecule has 2 N–H and O–H groups in total. The Morgan fingerprint density at radius 2 is 2.13 bits per heavy atom. The fourth-order valence-electron chi connectivity index (χ4n) is 2.08. The van der Waals surface area contributed by atoms with Gasteiger partial charge in [0.15, 0.2) is 5.76 Å². The molecule has 0 atom stereocenters. The van der Waals surface area contributed by atoms with Crippen molar-refractivity contribution in [2.24, 2.45) is 5.92 Å². The molecule has 0 aromatic carbocycles. The number of ether oxygens (including phenoxy) is 1. The highest BCUT2D eigenvalue weighted by molar-refractivity contribution is 5.39. The van der Waals surface area contributed by atoms with E-state index in [1.54, 1.807) is 6.08 Å². The first-order valence-corrected chi connectivity index (χ1v) is 5.39. The smallest absolute Gasteiger partial charge is 0.157 e. The van der Waals surface area contributed by atoms with Crippen molar-refractivity contribution in [3.63, 3.8) is 0 Å². The lowest BCUT2D eigenvalue weighted by atomic mass is 10.0. The quantitative estimate of drug-likeness (QED) is 0.732. The van der Waals surface area contributed by atoms with Crippen molar-refractivity contribution >= 4 is 0 Å². The summed E-state index contributed by atoms with van der Waals surface area (Å²) in [4.78, 5) is 0. The molecule has 0 aromatic rings. The van der Waals surface area contributed by atoms with E-state index in [-0.39, 0.29) is 12.4 Å². The number of hydrogen-bond donors (Lipinski definition) is 2. The number of allylic oxidation sites excluding steroid dienone is 2. The second-order valence-electron chi connectivity index (χ2n) is 4.06. The van der Waals surface area contributed by atoms with Crippen molar-refractivity contribution in [2.45, 2.75) is 25.7 Å². The van der Waals surface area contributed by atoms with Gasteiger partial charge in [0.1, 0.15) is 18.6 Å². The second kappa shape index (κ2) is 4.53. The Labute approximate surface area is 89.4 Å². The van der Waals surface area contributed by atoms with E-state index in [2.05, 4.69) is 6.08 Å². The van der Waals surface area contributed by atoms with Crippen molar-refractivity contribution in [3.8, 4) is 0 Å². The molecule has 3 heteroatoms. The molecule has 1 fully saturated rings. The molecule has 0 amide bonds. The van der Waals surface area contributed by atoms with Gasteiger partial charge < -0.3 is 14.9 Å². The summed E-state index contributed by atoms with van der Waals surface area (Å²) in [5.74, 6) is 1.20. The molecule has 2 aliphatic rings. The number of rotatable bonds is 2. The highest BCUT2D eigenvalue weighted by Crippen LogP contribution is 2.29. The standard InChI is InChI=1S/C12H16O3/c13-7-11-6-10(12(14)8-15-11)5-9-3-1-2-4-9/h5-6,8-9,13-14H,1-4,7H2/b10-5-. The van der Waals surface area contributed by atoms with Crippen LogP contribution in [0.25, 0.3) is 0 Å². The predicted molar refractivity (Wildman–Crippen MR) is 57.0 cm³/mol. The van der Waals surface area contributed by atoms with Crippen LogP contribution in [0.3, 0.4) is 0 Å². The molecule has 1 heterocycles. The highest BCUT2D eigenvalue weighted by Gasteiger charge is 2.16. The maximum atomic E-state index is 9.58. The molecule has 2 rings (SSSR count). The first-order chi connectivity index (χ1) is 7.29. The summed E-state index contributed by atoms with van der Waals surface area (Å²) in [5, 5.41) is 18.5. The van der Waals surface area contributed by atoms with Gasteiger partial charge in [-0.1, -0.05) is 18.9 Å². The predicted octanol–water partition coefficient (Wildman–Crippen LogP) is 2.41. The van der Waals surface area contributed by atoms with Gasteiger partial charge in [0.2, 0.25) is 0 Å². The van der Waals surface area contributed by atoms with Gasteiger partial charge in [0.05, 0.1) is 0 Å². The number of aliphatic hydroxyl groups excluding tert-OH is 2. The zero-order valence-electron chi connectivity index (χ0n) is 8.65. The summed E-state index contributed by atoms with van der Waals surface area (Å²) in [5.41, 5.74) is 0.775. The lowest BCUT2D eigenvalue weighted by Crippen LogP contribution is -2.03. The summed E-state index contributed by atoms with van der Waals surface area (Å²) >= 11 is 0. The first kappa shape index (κ1) is 10.3. The normalized spacial score (nSPS) is 25.0. The van der Waals surface area contributed by atoms with Gasteiger partial charge in [-0.05, 0) is 24.8 Å². The Hall–Kier alpha value is -1.22. The molecule has 1 aliphatic heterocycles. The van der Waals surface area contributed by atoms with Crippen LogP contribution >= 0.6 is 0 Å². The Morgan fingerprint density at radius 3 is 2.80 bits per heavy atom. The van der Waals surface area contributed by atoms with Gasteiger partial charge in [-0.3, -0.25) is 0 Å². The zero-order chi connectivity index (χ0) is 10.7. The third-order valence-corrected chi connectivity index (χ3v) is 2.91. The second-order valence-corrected chi connectivity index (χ2v) is 4.06. The van der Waals surface area contributed by atoms with Crippen molar-refractivity contribution in [1.82, 2.24) is 0 Å². The van der Waals surface area contributed by atoms with Gasteiger partial charge in [-0.2, -0.15) is 0 Å². The third-order valence-electron chi connectivity index (χ3n) is 2.91. The van der Waals surface area contributed by atoms with E-state index < -0.39 is 0 Å². The average Bonchev–Trinajstić information content (AvgIpc) is 2.74. The number of hydrogen-bond acceptors (Lipinski definition) is 3. The van der Waals surface area contributed by atoms with Gasteiger partial charge in [-0.15, -0.1) is 0 Å². The molecule has 0 spiro atoms. The first-order valence-electron chi connectivity index (χ1n) is 5.39. The minimum absolute atomic E-state index is 0.133. The summed E-state index contributed by atoms with van der Waals surface area (Å²) in [6.45, 7) is -0.133. The average molecular weight is 208 g/mol. The lowest BCUT2D eigenvalue weighted by Gasteiger charge is -2.13. The molecule has 1 saturated carbocycles. The molecular formula is C12H16O3. The van der Waals surface area contributed by atoms with Crippen molar-refractivity contribution in [2.75, 3.05) is 6.61 Å². The van der Waals surface area contributed by atoms with Crippen LogP contribution in [0.1, 0.15) is 25.7 Å². The number of aliphatic hydroxyl groups is 2. The van der Waals surface area contributed by atoms with E-state index in [1.807, 2.05) is 0 Å².